The molecular formula is C18H21N3O4. The van der Waals surface area contributed by atoms with Crippen molar-refractivity contribution >= 4 is 11.8 Å². The van der Waals surface area contributed by atoms with Gasteiger partial charge in [0, 0.05) is 18.7 Å². The van der Waals surface area contributed by atoms with E-state index < -0.39 is 5.97 Å². The maximum atomic E-state index is 11.0. The molecule has 2 heterocycles. The number of aliphatic carboxylic acids is 1. The molecule has 1 aliphatic heterocycles. The van der Waals surface area contributed by atoms with E-state index in [4.69, 9.17) is 14.6 Å². The fraction of sp³-hybridized carbons (Fsp3) is 0.389. The molecule has 1 aromatic carbocycles. The highest BCUT2D eigenvalue weighted by Crippen LogP contribution is 2.31. The summed E-state index contributed by atoms with van der Waals surface area (Å²) in [5.41, 5.74) is 1.63. The van der Waals surface area contributed by atoms with E-state index in [1.807, 2.05) is 30.3 Å². The molecule has 0 bridgehead atoms. The summed E-state index contributed by atoms with van der Waals surface area (Å²) >= 11 is 0. The van der Waals surface area contributed by atoms with Crippen molar-refractivity contribution in [1.29, 1.82) is 0 Å². The molecule has 0 amide bonds. The number of carboxylic acids is 1. The van der Waals surface area contributed by atoms with Crippen LogP contribution in [0.2, 0.25) is 0 Å². The summed E-state index contributed by atoms with van der Waals surface area (Å²) in [6, 6.07) is 9.43. The van der Waals surface area contributed by atoms with Gasteiger partial charge in [0.1, 0.15) is 0 Å². The van der Waals surface area contributed by atoms with Crippen LogP contribution in [0.5, 0.6) is 11.5 Å². The number of aromatic nitrogens is 2. The third-order valence-electron chi connectivity index (χ3n) is 4.50. The van der Waals surface area contributed by atoms with Gasteiger partial charge in [-0.05, 0) is 43.2 Å². The predicted molar refractivity (Wildman–Crippen MR) is 93.1 cm³/mol. The third-order valence-corrected chi connectivity index (χ3v) is 4.50. The van der Waals surface area contributed by atoms with Crippen molar-refractivity contribution in [2.24, 2.45) is 5.92 Å². The summed E-state index contributed by atoms with van der Waals surface area (Å²) in [7, 11) is 3.19. The zero-order valence-corrected chi connectivity index (χ0v) is 14.3. The Bertz CT molecular complexity index is 740. The molecule has 2 aromatic rings. The molecule has 3 rings (SSSR count). The van der Waals surface area contributed by atoms with Gasteiger partial charge in [-0.15, -0.1) is 10.2 Å². The number of anilines is 1. The Morgan fingerprint density at radius 2 is 1.80 bits per heavy atom. The van der Waals surface area contributed by atoms with Crippen molar-refractivity contribution in [3.63, 3.8) is 0 Å². The van der Waals surface area contributed by atoms with Gasteiger partial charge < -0.3 is 19.5 Å². The van der Waals surface area contributed by atoms with E-state index in [1.165, 1.54) is 0 Å². The maximum Gasteiger partial charge on any atom is 0.306 e. The lowest BCUT2D eigenvalue weighted by molar-refractivity contribution is -0.142. The van der Waals surface area contributed by atoms with E-state index in [0.717, 1.165) is 17.1 Å². The van der Waals surface area contributed by atoms with Gasteiger partial charge in [-0.2, -0.15) is 0 Å². The standard InChI is InChI=1S/C18H21N3O4/c1-24-15-5-3-13(11-16(15)25-2)14-4-6-17(20-19-14)21-9-7-12(8-10-21)18(22)23/h3-6,11-12H,7-10H2,1-2H3,(H,22,23). The lowest BCUT2D eigenvalue weighted by atomic mass is 9.97. The van der Waals surface area contributed by atoms with Crippen molar-refractivity contribution < 1.29 is 19.4 Å². The molecule has 1 saturated heterocycles. The lowest BCUT2D eigenvalue weighted by Crippen LogP contribution is -2.36. The minimum atomic E-state index is -0.713. The van der Waals surface area contributed by atoms with Crippen LogP contribution in [0.4, 0.5) is 5.82 Å². The van der Waals surface area contributed by atoms with E-state index in [9.17, 15) is 4.79 Å². The molecule has 0 radical (unpaired) electrons. The van der Waals surface area contributed by atoms with Crippen LogP contribution in [-0.4, -0.2) is 48.6 Å². The van der Waals surface area contributed by atoms with E-state index in [-0.39, 0.29) is 5.92 Å². The van der Waals surface area contributed by atoms with Crippen LogP contribution in [0, 0.1) is 5.92 Å². The molecule has 0 unspecified atom stereocenters. The summed E-state index contributed by atoms with van der Waals surface area (Å²) in [6.45, 7) is 1.36. The van der Waals surface area contributed by atoms with Gasteiger partial charge in [0.25, 0.3) is 0 Å². The van der Waals surface area contributed by atoms with Crippen LogP contribution >= 0.6 is 0 Å². The second-order valence-electron chi connectivity index (χ2n) is 5.95. The molecule has 0 saturated carbocycles. The Balaban J connectivity index is 1.74. The minimum Gasteiger partial charge on any atom is -0.493 e. The Morgan fingerprint density at radius 3 is 2.36 bits per heavy atom. The zero-order chi connectivity index (χ0) is 17.8. The Hall–Kier alpha value is -2.83. The number of carboxylic acid groups (broad SMARTS) is 1. The molecule has 7 heteroatoms. The molecular weight excluding hydrogens is 322 g/mol. The molecule has 1 N–H and O–H groups in total. The monoisotopic (exact) mass is 343 g/mol. The van der Waals surface area contributed by atoms with Crippen molar-refractivity contribution in [3.8, 4) is 22.8 Å². The third kappa shape index (κ3) is 3.65. The minimum absolute atomic E-state index is 0.254. The number of rotatable bonds is 5. The second-order valence-corrected chi connectivity index (χ2v) is 5.95. The van der Waals surface area contributed by atoms with Crippen LogP contribution in [0.3, 0.4) is 0 Å². The number of carbonyl (C=O) groups is 1. The van der Waals surface area contributed by atoms with E-state index in [2.05, 4.69) is 15.1 Å². The van der Waals surface area contributed by atoms with Gasteiger partial charge in [0.2, 0.25) is 0 Å². The number of piperidine rings is 1. The summed E-state index contributed by atoms with van der Waals surface area (Å²) in [5.74, 6) is 1.11. The van der Waals surface area contributed by atoms with Gasteiger partial charge in [-0.3, -0.25) is 4.79 Å². The highest BCUT2D eigenvalue weighted by atomic mass is 16.5. The molecule has 1 aliphatic rings. The number of ether oxygens (including phenoxy) is 2. The molecule has 132 valence electrons. The summed E-state index contributed by atoms with van der Waals surface area (Å²) in [4.78, 5) is 13.1. The van der Waals surface area contributed by atoms with Gasteiger partial charge in [0.15, 0.2) is 17.3 Å². The molecule has 0 atom stereocenters. The fourth-order valence-electron chi connectivity index (χ4n) is 3.00. The Morgan fingerprint density at radius 1 is 1.08 bits per heavy atom. The van der Waals surface area contributed by atoms with E-state index in [1.54, 1.807) is 14.2 Å². The number of methoxy groups -OCH3 is 2. The summed E-state index contributed by atoms with van der Waals surface area (Å²) in [5, 5.41) is 17.7. The first kappa shape index (κ1) is 17.0. The SMILES string of the molecule is COc1ccc(-c2ccc(N3CCC(C(=O)O)CC3)nn2)cc1OC. The van der Waals surface area contributed by atoms with E-state index in [0.29, 0.717) is 37.4 Å². The molecule has 0 spiro atoms. The summed E-state index contributed by atoms with van der Waals surface area (Å²) < 4.78 is 10.6. The first-order chi connectivity index (χ1) is 12.1. The first-order valence-electron chi connectivity index (χ1n) is 8.16. The molecule has 0 aliphatic carbocycles. The van der Waals surface area contributed by atoms with Gasteiger partial charge in [-0.1, -0.05) is 0 Å². The second kappa shape index (κ2) is 7.38. The highest BCUT2D eigenvalue weighted by Gasteiger charge is 2.25. The molecule has 7 nitrogen and oxygen atoms in total. The highest BCUT2D eigenvalue weighted by molar-refractivity contribution is 5.70. The van der Waals surface area contributed by atoms with Gasteiger partial charge in [-0.25, -0.2) is 0 Å². The molecule has 1 aromatic heterocycles. The summed E-state index contributed by atoms with van der Waals surface area (Å²) in [6.07, 6.45) is 1.27. The van der Waals surface area contributed by atoms with Crippen LogP contribution in [0.15, 0.2) is 30.3 Å². The lowest BCUT2D eigenvalue weighted by Gasteiger charge is -2.30. The van der Waals surface area contributed by atoms with Crippen molar-refractivity contribution in [3.05, 3.63) is 30.3 Å². The quantitative estimate of drug-likeness (QED) is 0.892. The smallest absolute Gasteiger partial charge is 0.306 e. The number of hydrogen-bond donors (Lipinski definition) is 1. The largest absolute Gasteiger partial charge is 0.493 e. The van der Waals surface area contributed by atoms with Gasteiger partial charge in [0.05, 0.1) is 25.8 Å². The van der Waals surface area contributed by atoms with E-state index >= 15 is 0 Å². The van der Waals surface area contributed by atoms with Gasteiger partial charge >= 0.3 is 5.97 Å². The average Bonchev–Trinajstić information content (AvgIpc) is 2.67. The Labute approximate surface area is 146 Å². The normalized spacial score (nSPS) is 15.0. The zero-order valence-electron chi connectivity index (χ0n) is 14.3. The maximum absolute atomic E-state index is 11.0. The van der Waals surface area contributed by atoms with Crippen LogP contribution in [0.1, 0.15) is 12.8 Å². The molecule has 1 fully saturated rings. The van der Waals surface area contributed by atoms with Crippen molar-refractivity contribution in [2.75, 3.05) is 32.2 Å². The van der Waals surface area contributed by atoms with Crippen molar-refractivity contribution in [1.82, 2.24) is 10.2 Å². The first-order valence-corrected chi connectivity index (χ1v) is 8.16. The van der Waals surface area contributed by atoms with Crippen molar-refractivity contribution in [2.45, 2.75) is 12.8 Å². The number of benzene rings is 1. The fourth-order valence-corrected chi connectivity index (χ4v) is 3.00. The van der Waals surface area contributed by atoms with Crippen LogP contribution in [0.25, 0.3) is 11.3 Å². The number of nitrogens with zero attached hydrogens (tertiary/aromatic N) is 3. The van der Waals surface area contributed by atoms with Crippen LogP contribution < -0.4 is 14.4 Å². The predicted octanol–water partition coefficient (Wildman–Crippen LogP) is 2.46. The Kier molecular flexibility index (Phi) is 5.02. The molecule has 25 heavy (non-hydrogen) atoms. The average molecular weight is 343 g/mol. The number of hydrogen-bond acceptors (Lipinski definition) is 6. The van der Waals surface area contributed by atoms with Crippen LogP contribution in [-0.2, 0) is 4.79 Å². The topological polar surface area (TPSA) is 84.8 Å².